The van der Waals surface area contributed by atoms with Crippen molar-refractivity contribution >= 4 is 44.8 Å². The van der Waals surface area contributed by atoms with Crippen LogP contribution in [0.2, 0.25) is 5.02 Å². The summed E-state index contributed by atoms with van der Waals surface area (Å²) < 4.78 is 28.2. The Bertz CT molecular complexity index is 1350. The van der Waals surface area contributed by atoms with Gasteiger partial charge in [0.25, 0.3) is 15.9 Å². The molecule has 1 N–H and O–H groups in total. The van der Waals surface area contributed by atoms with Gasteiger partial charge in [-0.15, -0.1) is 0 Å². The van der Waals surface area contributed by atoms with Crippen LogP contribution in [0.5, 0.6) is 0 Å². The molecule has 194 valence electrons. The molecule has 0 aromatic heterocycles. The van der Waals surface area contributed by atoms with Crippen LogP contribution in [0.25, 0.3) is 0 Å². The van der Waals surface area contributed by atoms with E-state index in [1.54, 1.807) is 48.5 Å². The maximum Gasteiger partial charge on any atom is 0.264 e. The molecular weight excluding hydrogens is 510 g/mol. The second-order valence-electron chi connectivity index (χ2n) is 9.10. The zero-order chi connectivity index (χ0) is 26.4. The number of nitrogens with zero attached hydrogens (tertiary/aromatic N) is 2. The molecule has 1 fully saturated rings. The van der Waals surface area contributed by atoms with Crippen molar-refractivity contribution in [1.82, 2.24) is 4.90 Å². The predicted molar refractivity (Wildman–Crippen MR) is 147 cm³/mol. The van der Waals surface area contributed by atoms with Gasteiger partial charge in [0, 0.05) is 18.1 Å². The van der Waals surface area contributed by atoms with Crippen LogP contribution in [0, 0.1) is 6.92 Å². The summed E-state index contributed by atoms with van der Waals surface area (Å²) in [6, 6.07) is 19.5. The van der Waals surface area contributed by atoms with Crippen molar-refractivity contribution in [2.75, 3.05) is 29.3 Å². The van der Waals surface area contributed by atoms with E-state index in [1.165, 1.54) is 24.3 Å². The summed E-state index contributed by atoms with van der Waals surface area (Å²) in [5.74, 6) is -0.698. The first-order valence-corrected chi connectivity index (χ1v) is 14.1. The summed E-state index contributed by atoms with van der Waals surface area (Å²) in [6.07, 6.45) is 4.10. The van der Waals surface area contributed by atoms with E-state index in [0.717, 1.165) is 35.6 Å². The monoisotopic (exact) mass is 539 g/mol. The van der Waals surface area contributed by atoms with Crippen LogP contribution >= 0.6 is 11.6 Å². The van der Waals surface area contributed by atoms with Crippen molar-refractivity contribution < 1.29 is 18.0 Å². The second kappa shape index (κ2) is 11.8. The van der Waals surface area contributed by atoms with Crippen molar-refractivity contribution in [2.45, 2.75) is 37.5 Å². The summed E-state index contributed by atoms with van der Waals surface area (Å²) in [5, 5.41) is 3.18. The molecule has 0 atom stereocenters. The average Bonchev–Trinajstić information content (AvgIpc) is 3.18. The van der Waals surface area contributed by atoms with Gasteiger partial charge in [0.2, 0.25) is 5.91 Å². The van der Waals surface area contributed by atoms with Crippen LogP contribution in [0.3, 0.4) is 0 Å². The van der Waals surface area contributed by atoms with Crippen LogP contribution in [-0.4, -0.2) is 44.8 Å². The van der Waals surface area contributed by atoms with E-state index < -0.39 is 22.5 Å². The molecule has 37 heavy (non-hydrogen) atoms. The lowest BCUT2D eigenvalue weighted by Gasteiger charge is -2.25. The lowest BCUT2D eigenvalue weighted by Crippen LogP contribution is -2.38. The summed E-state index contributed by atoms with van der Waals surface area (Å²) in [5.41, 5.74) is 2.05. The maximum atomic E-state index is 13.6. The zero-order valence-corrected chi connectivity index (χ0v) is 22.3. The number of carbonyl (C=O) groups excluding carboxylic acids is 2. The maximum absolute atomic E-state index is 13.6. The van der Waals surface area contributed by atoms with E-state index >= 15 is 0 Å². The Balaban J connectivity index is 1.60. The summed E-state index contributed by atoms with van der Waals surface area (Å²) in [7, 11) is -4.08. The molecule has 0 aliphatic carbocycles. The van der Waals surface area contributed by atoms with E-state index in [4.69, 9.17) is 11.6 Å². The van der Waals surface area contributed by atoms with Crippen LogP contribution in [0.4, 0.5) is 11.4 Å². The number of likely N-dealkylation sites (tertiary alicyclic amines) is 1. The molecule has 0 radical (unpaired) electrons. The third-order valence-corrected chi connectivity index (χ3v) is 8.38. The van der Waals surface area contributed by atoms with Gasteiger partial charge in [-0.1, -0.05) is 54.3 Å². The molecule has 0 spiro atoms. The van der Waals surface area contributed by atoms with Gasteiger partial charge >= 0.3 is 0 Å². The van der Waals surface area contributed by atoms with Crippen molar-refractivity contribution in [3.63, 3.8) is 0 Å². The largest absolute Gasteiger partial charge is 0.339 e. The zero-order valence-electron chi connectivity index (χ0n) is 20.7. The van der Waals surface area contributed by atoms with Gasteiger partial charge in [-0.25, -0.2) is 8.42 Å². The van der Waals surface area contributed by atoms with Crippen molar-refractivity contribution in [1.29, 1.82) is 0 Å². The molecule has 7 nitrogen and oxygen atoms in total. The number of hydrogen-bond acceptors (Lipinski definition) is 4. The minimum absolute atomic E-state index is 0.0158. The number of nitrogens with one attached hydrogen (secondary N) is 1. The third-order valence-electron chi connectivity index (χ3n) is 6.34. The van der Waals surface area contributed by atoms with Crippen LogP contribution < -0.4 is 9.62 Å². The Morgan fingerprint density at radius 2 is 1.51 bits per heavy atom. The van der Waals surface area contributed by atoms with Gasteiger partial charge in [-0.05, 0) is 68.3 Å². The van der Waals surface area contributed by atoms with Crippen LogP contribution in [0.1, 0.15) is 41.6 Å². The summed E-state index contributed by atoms with van der Waals surface area (Å²) >= 11 is 5.95. The summed E-state index contributed by atoms with van der Waals surface area (Å²) in [6.45, 7) is 2.79. The number of amides is 2. The molecule has 1 aliphatic heterocycles. The number of rotatable bonds is 7. The Morgan fingerprint density at radius 3 is 2.16 bits per heavy atom. The number of halogens is 1. The second-order valence-corrected chi connectivity index (χ2v) is 11.4. The Kier molecular flexibility index (Phi) is 8.51. The van der Waals surface area contributed by atoms with E-state index in [9.17, 15) is 18.0 Å². The molecule has 9 heteroatoms. The molecule has 3 aromatic rings. The molecule has 0 bridgehead atoms. The Morgan fingerprint density at radius 1 is 0.892 bits per heavy atom. The van der Waals surface area contributed by atoms with Gasteiger partial charge in [-0.2, -0.15) is 0 Å². The highest BCUT2D eigenvalue weighted by Gasteiger charge is 2.28. The molecule has 2 amide bonds. The van der Waals surface area contributed by atoms with Gasteiger partial charge in [0.15, 0.2) is 0 Å². The smallest absolute Gasteiger partial charge is 0.264 e. The lowest BCUT2D eigenvalue weighted by molar-refractivity contribution is -0.114. The van der Waals surface area contributed by atoms with Crippen molar-refractivity contribution in [3.8, 4) is 0 Å². The molecule has 1 aliphatic rings. The highest BCUT2D eigenvalue weighted by Crippen LogP contribution is 2.26. The Labute approximate surface area is 223 Å². The molecule has 4 rings (SSSR count). The number of hydrogen-bond donors (Lipinski definition) is 1. The number of para-hydroxylation sites is 1. The van der Waals surface area contributed by atoms with E-state index in [2.05, 4.69) is 5.32 Å². The SMILES string of the molecule is Cc1ccc(N(CC(=O)Nc2ccccc2C(=O)N2CCCCCC2)S(=O)(=O)c2ccc(Cl)cc2)cc1. The van der Waals surface area contributed by atoms with Crippen LogP contribution in [-0.2, 0) is 14.8 Å². The van der Waals surface area contributed by atoms with Crippen molar-refractivity contribution in [3.05, 3.63) is 88.9 Å². The van der Waals surface area contributed by atoms with Crippen molar-refractivity contribution in [2.24, 2.45) is 0 Å². The van der Waals surface area contributed by atoms with Gasteiger partial charge in [0.1, 0.15) is 6.54 Å². The minimum Gasteiger partial charge on any atom is -0.339 e. The predicted octanol–water partition coefficient (Wildman–Crippen LogP) is 5.50. The first-order chi connectivity index (χ1) is 17.8. The van der Waals surface area contributed by atoms with Gasteiger partial charge in [0.05, 0.1) is 21.8 Å². The van der Waals surface area contributed by atoms with E-state index in [0.29, 0.717) is 35.1 Å². The summed E-state index contributed by atoms with van der Waals surface area (Å²) in [4.78, 5) is 28.3. The highest BCUT2D eigenvalue weighted by atomic mass is 35.5. The number of anilines is 2. The first-order valence-electron chi connectivity index (χ1n) is 12.3. The minimum atomic E-state index is -4.08. The average molecular weight is 540 g/mol. The standard InChI is InChI=1S/C28H30ClN3O4S/c1-21-10-14-23(15-11-21)32(37(35,36)24-16-12-22(29)13-17-24)20-27(33)30-26-9-5-4-8-25(26)28(34)31-18-6-2-3-7-19-31/h4-5,8-17H,2-3,6-7,18-20H2,1H3,(H,30,33). The fourth-order valence-corrected chi connectivity index (χ4v) is 5.85. The van der Waals surface area contributed by atoms with E-state index in [-0.39, 0.29) is 10.8 Å². The molecule has 1 heterocycles. The topological polar surface area (TPSA) is 86.8 Å². The van der Waals surface area contributed by atoms with Gasteiger partial charge < -0.3 is 10.2 Å². The number of carbonyl (C=O) groups is 2. The number of aryl methyl sites for hydroxylation is 1. The lowest BCUT2D eigenvalue weighted by atomic mass is 10.1. The van der Waals surface area contributed by atoms with E-state index in [1.807, 2.05) is 11.8 Å². The normalized spacial score (nSPS) is 14.1. The number of benzene rings is 3. The molecule has 0 unspecified atom stereocenters. The first kappa shape index (κ1) is 26.7. The quantitative estimate of drug-likeness (QED) is 0.429. The Hall–Kier alpha value is -3.36. The fourth-order valence-electron chi connectivity index (χ4n) is 4.30. The van der Waals surface area contributed by atoms with Gasteiger partial charge in [-0.3, -0.25) is 13.9 Å². The third kappa shape index (κ3) is 6.50. The number of sulfonamides is 1. The molecular formula is C28H30ClN3O4S. The molecule has 1 saturated heterocycles. The van der Waals surface area contributed by atoms with Crippen LogP contribution in [0.15, 0.2) is 77.7 Å². The molecule has 0 saturated carbocycles. The fraction of sp³-hybridized carbons (Fsp3) is 0.286. The highest BCUT2D eigenvalue weighted by molar-refractivity contribution is 7.92. The molecule has 3 aromatic carbocycles.